The first-order chi connectivity index (χ1) is 7.65. The van der Waals surface area contributed by atoms with Crippen molar-refractivity contribution >= 4 is 35.4 Å². The number of Topliss-reactive ketones (excluding diaryl/α,β-unsaturated/α-hetero) is 1. The molecule has 2 nitrogen and oxygen atoms in total. The van der Waals surface area contributed by atoms with Crippen LogP contribution in [0.25, 0.3) is 11.6 Å². The van der Waals surface area contributed by atoms with Crippen molar-refractivity contribution < 1.29 is 4.79 Å². The molecule has 0 aliphatic heterocycles. The van der Waals surface area contributed by atoms with E-state index >= 15 is 0 Å². The van der Waals surface area contributed by atoms with Crippen molar-refractivity contribution in [3.63, 3.8) is 0 Å². The van der Waals surface area contributed by atoms with Gasteiger partial charge in [0.05, 0.1) is 5.75 Å². The van der Waals surface area contributed by atoms with E-state index in [2.05, 4.69) is 11.6 Å². The van der Waals surface area contributed by atoms with E-state index in [0.29, 0.717) is 5.75 Å². The van der Waals surface area contributed by atoms with Crippen LogP contribution >= 0.6 is 11.8 Å². The summed E-state index contributed by atoms with van der Waals surface area (Å²) in [7, 11) is 0. The molecule has 0 aliphatic carbocycles. The van der Waals surface area contributed by atoms with Gasteiger partial charge in [0, 0.05) is 11.4 Å². The number of hydrogen-bond acceptors (Lipinski definition) is 3. The zero-order chi connectivity index (χ0) is 12.0. The fourth-order valence-electron chi connectivity index (χ4n) is 1.20. The molecule has 0 fully saturated rings. The molecule has 16 heavy (non-hydrogen) atoms. The summed E-state index contributed by atoms with van der Waals surface area (Å²) in [6.45, 7) is 7.40. The first-order valence-corrected chi connectivity index (χ1v) is 6.03. The number of thioether (sulfide) groups is 1. The minimum absolute atomic E-state index is 0.148. The third kappa shape index (κ3) is 3.66. The third-order valence-electron chi connectivity index (χ3n) is 1.91. The SMILES string of the molecule is C=c1cccc/c1=C(/N=C\C)SCC(C)=O. The van der Waals surface area contributed by atoms with Crippen molar-refractivity contribution in [2.24, 2.45) is 4.99 Å². The number of carbonyl (C=O) groups excluding carboxylic acids is 1. The highest BCUT2D eigenvalue weighted by Gasteiger charge is 2.00. The number of nitrogens with zero attached hydrogens (tertiary/aromatic N) is 1. The number of benzene rings is 1. The Morgan fingerprint density at radius 2 is 2.19 bits per heavy atom. The maximum absolute atomic E-state index is 11.0. The maximum atomic E-state index is 11.0. The summed E-state index contributed by atoms with van der Waals surface area (Å²) in [4.78, 5) is 15.3. The molecule has 0 saturated heterocycles. The molecule has 0 N–H and O–H groups in total. The zero-order valence-corrected chi connectivity index (χ0v) is 10.4. The van der Waals surface area contributed by atoms with E-state index in [1.165, 1.54) is 11.8 Å². The minimum atomic E-state index is 0.148. The Morgan fingerprint density at radius 3 is 2.75 bits per heavy atom. The van der Waals surface area contributed by atoms with E-state index < -0.39 is 0 Å². The zero-order valence-electron chi connectivity index (χ0n) is 9.56. The summed E-state index contributed by atoms with van der Waals surface area (Å²) in [5.74, 6) is 0.594. The summed E-state index contributed by atoms with van der Waals surface area (Å²) in [5.41, 5.74) is 0. The monoisotopic (exact) mass is 233 g/mol. The van der Waals surface area contributed by atoms with Gasteiger partial charge < -0.3 is 0 Å². The molecular formula is C13H15NOS. The molecule has 0 radical (unpaired) electrons. The molecule has 0 aliphatic rings. The molecule has 3 heteroatoms. The van der Waals surface area contributed by atoms with Crippen LogP contribution < -0.4 is 10.4 Å². The van der Waals surface area contributed by atoms with Crippen LogP contribution in [0.5, 0.6) is 0 Å². The number of ketones is 1. The van der Waals surface area contributed by atoms with Crippen LogP contribution in [0.15, 0.2) is 29.3 Å². The predicted octanol–water partition coefficient (Wildman–Crippen LogP) is 1.58. The van der Waals surface area contributed by atoms with Crippen molar-refractivity contribution in [1.82, 2.24) is 0 Å². The van der Waals surface area contributed by atoms with Gasteiger partial charge >= 0.3 is 0 Å². The lowest BCUT2D eigenvalue weighted by Crippen LogP contribution is -2.24. The van der Waals surface area contributed by atoms with E-state index in [-0.39, 0.29) is 5.78 Å². The highest BCUT2D eigenvalue weighted by atomic mass is 32.2. The highest BCUT2D eigenvalue weighted by molar-refractivity contribution is 8.08. The van der Waals surface area contributed by atoms with Gasteiger partial charge in [-0.15, -0.1) is 0 Å². The minimum Gasteiger partial charge on any atom is -0.299 e. The average Bonchev–Trinajstić information content (AvgIpc) is 2.25. The van der Waals surface area contributed by atoms with Crippen molar-refractivity contribution in [1.29, 1.82) is 0 Å². The van der Waals surface area contributed by atoms with Gasteiger partial charge in [0.15, 0.2) is 0 Å². The Kier molecular flexibility index (Phi) is 4.99. The molecule has 0 saturated carbocycles. The topological polar surface area (TPSA) is 29.4 Å². The smallest absolute Gasteiger partial charge is 0.140 e. The second kappa shape index (κ2) is 6.28. The van der Waals surface area contributed by atoms with Gasteiger partial charge in [-0.3, -0.25) is 9.79 Å². The van der Waals surface area contributed by atoms with Gasteiger partial charge in [-0.2, -0.15) is 0 Å². The van der Waals surface area contributed by atoms with Crippen molar-refractivity contribution in [3.8, 4) is 0 Å². The highest BCUT2D eigenvalue weighted by Crippen LogP contribution is 2.15. The predicted molar refractivity (Wildman–Crippen MR) is 71.9 cm³/mol. The van der Waals surface area contributed by atoms with E-state index in [1.807, 2.05) is 31.2 Å². The lowest BCUT2D eigenvalue weighted by atomic mass is 10.2. The van der Waals surface area contributed by atoms with Gasteiger partial charge in [0.2, 0.25) is 0 Å². The molecular weight excluding hydrogens is 218 g/mol. The van der Waals surface area contributed by atoms with E-state index in [9.17, 15) is 4.79 Å². The third-order valence-corrected chi connectivity index (χ3v) is 3.06. The molecule has 84 valence electrons. The van der Waals surface area contributed by atoms with Crippen LogP contribution in [0, 0.1) is 0 Å². The Bertz CT molecular complexity index is 505. The van der Waals surface area contributed by atoms with Crippen LogP contribution in [0.2, 0.25) is 0 Å². The Hall–Kier alpha value is -1.35. The maximum Gasteiger partial charge on any atom is 0.140 e. The second-order valence-electron chi connectivity index (χ2n) is 3.34. The molecule has 1 rings (SSSR count). The Morgan fingerprint density at radius 1 is 1.50 bits per heavy atom. The molecule has 0 spiro atoms. The summed E-state index contributed by atoms with van der Waals surface area (Å²) < 4.78 is 0. The van der Waals surface area contributed by atoms with Crippen molar-refractivity contribution in [2.45, 2.75) is 13.8 Å². The first-order valence-electron chi connectivity index (χ1n) is 5.04. The largest absolute Gasteiger partial charge is 0.299 e. The fourth-order valence-corrected chi connectivity index (χ4v) is 2.08. The normalized spacial score (nSPS) is 12.9. The molecule has 0 heterocycles. The van der Waals surface area contributed by atoms with Gasteiger partial charge in [0.25, 0.3) is 0 Å². The molecule has 0 unspecified atom stereocenters. The van der Waals surface area contributed by atoms with Gasteiger partial charge in [-0.25, -0.2) is 0 Å². The molecule has 0 atom stereocenters. The van der Waals surface area contributed by atoms with E-state index in [1.54, 1.807) is 13.1 Å². The second-order valence-corrected chi connectivity index (χ2v) is 4.30. The quantitative estimate of drug-likeness (QED) is 0.739. The molecule has 1 aromatic rings. The number of hydrogen-bond donors (Lipinski definition) is 0. The van der Waals surface area contributed by atoms with Gasteiger partial charge in [0.1, 0.15) is 10.8 Å². The summed E-state index contributed by atoms with van der Waals surface area (Å²) in [6, 6.07) is 7.80. The number of rotatable bonds is 4. The average molecular weight is 233 g/mol. The molecule has 0 amide bonds. The van der Waals surface area contributed by atoms with Crippen LogP contribution in [-0.2, 0) is 4.79 Å². The lowest BCUT2D eigenvalue weighted by molar-refractivity contribution is -0.114. The van der Waals surface area contributed by atoms with Gasteiger partial charge in [-0.1, -0.05) is 42.6 Å². The first kappa shape index (κ1) is 12.7. The van der Waals surface area contributed by atoms with E-state index in [4.69, 9.17) is 0 Å². The van der Waals surface area contributed by atoms with Gasteiger partial charge in [-0.05, 0) is 19.1 Å². The van der Waals surface area contributed by atoms with Crippen LogP contribution in [0.3, 0.4) is 0 Å². The summed E-state index contributed by atoms with van der Waals surface area (Å²) in [6.07, 6.45) is 1.73. The van der Waals surface area contributed by atoms with Crippen molar-refractivity contribution in [2.75, 3.05) is 5.75 Å². The fraction of sp³-hybridized carbons (Fsp3) is 0.231. The molecule has 0 bridgehead atoms. The Labute approximate surface area is 99.8 Å². The number of aliphatic imine (C=N–C) groups is 1. The van der Waals surface area contributed by atoms with Crippen molar-refractivity contribution in [3.05, 3.63) is 34.7 Å². The van der Waals surface area contributed by atoms with Crippen LogP contribution in [0.4, 0.5) is 0 Å². The molecule has 1 aromatic carbocycles. The summed E-state index contributed by atoms with van der Waals surface area (Å²) >= 11 is 1.45. The Balaban J connectivity index is 3.20. The number of carbonyl (C=O) groups is 1. The lowest BCUT2D eigenvalue weighted by Gasteiger charge is -2.00. The standard InChI is InChI=1S/C13H15NOS/c1-4-14-13(16-9-11(3)15)12-8-6-5-7-10(12)2/h4-8H,2,9H2,1,3H3/b13-12+,14-4-. The molecule has 0 aromatic heterocycles. The van der Waals surface area contributed by atoms with Crippen LogP contribution in [0.1, 0.15) is 13.8 Å². The van der Waals surface area contributed by atoms with Crippen LogP contribution in [-0.4, -0.2) is 17.8 Å². The summed E-state index contributed by atoms with van der Waals surface area (Å²) in [5, 5.41) is 2.77. The van der Waals surface area contributed by atoms with E-state index in [0.717, 1.165) is 15.5 Å².